The van der Waals surface area contributed by atoms with Gasteiger partial charge in [-0.2, -0.15) is 5.10 Å². The van der Waals surface area contributed by atoms with E-state index >= 15 is 0 Å². The minimum absolute atomic E-state index is 0.154. The highest BCUT2D eigenvalue weighted by atomic mass is 15.3. The lowest BCUT2D eigenvalue weighted by molar-refractivity contribution is 0.454. The van der Waals surface area contributed by atoms with Crippen LogP contribution in [-0.2, 0) is 5.41 Å². The molecule has 2 aromatic carbocycles. The van der Waals surface area contributed by atoms with Gasteiger partial charge in [-0.25, -0.2) is 0 Å². The molecule has 0 aliphatic carbocycles. The van der Waals surface area contributed by atoms with Crippen molar-refractivity contribution in [3.05, 3.63) is 59.7 Å². The lowest BCUT2D eigenvalue weighted by Crippen LogP contribution is -2.36. The molecule has 0 amide bonds. The van der Waals surface area contributed by atoms with E-state index in [9.17, 15) is 0 Å². The molecule has 1 N–H and O–H groups in total. The molecule has 22 heavy (non-hydrogen) atoms. The normalized spacial score (nSPS) is 19.5. The van der Waals surface area contributed by atoms with Crippen molar-refractivity contribution in [2.75, 3.05) is 17.4 Å². The number of hydrogen-bond acceptors (Lipinski definition) is 3. The van der Waals surface area contributed by atoms with E-state index in [1.54, 1.807) is 0 Å². The van der Waals surface area contributed by atoms with Crippen molar-refractivity contribution in [1.82, 2.24) is 0 Å². The zero-order valence-electron chi connectivity index (χ0n) is 13.7. The second-order valence-electron chi connectivity index (χ2n) is 6.52. The van der Waals surface area contributed by atoms with Crippen LogP contribution in [0.5, 0.6) is 0 Å². The fourth-order valence-corrected chi connectivity index (χ4v) is 3.07. The van der Waals surface area contributed by atoms with Crippen LogP contribution in [0.2, 0.25) is 0 Å². The molecule has 3 nitrogen and oxygen atoms in total. The fraction of sp³-hybridized carbons (Fsp3) is 0.316. The SMILES string of the molecule is C[C@H]1N(C)c2ccc(C=NNc3ccccc3)cc2C1(C)C. The summed E-state index contributed by atoms with van der Waals surface area (Å²) in [6, 6.07) is 17.1. The zero-order chi connectivity index (χ0) is 15.7. The largest absolute Gasteiger partial charge is 0.371 e. The van der Waals surface area contributed by atoms with Gasteiger partial charge >= 0.3 is 0 Å². The first kappa shape index (κ1) is 14.6. The Hall–Kier alpha value is -2.29. The highest BCUT2D eigenvalue weighted by Crippen LogP contribution is 2.44. The summed E-state index contributed by atoms with van der Waals surface area (Å²) in [5.41, 5.74) is 8.05. The van der Waals surface area contributed by atoms with Crippen molar-refractivity contribution in [3.8, 4) is 0 Å². The van der Waals surface area contributed by atoms with Crippen LogP contribution in [0.1, 0.15) is 31.9 Å². The van der Waals surface area contributed by atoms with Gasteiger partial charge in [-0.3, -0.25) is 5.43 Å². The van der Waals surface area contributed by atoms with Crippen molar-refractivity contribution in [2.45, 2.75) is 32.2 Å². The maximum Gasteiger partial charge on any atom is 0.0561 e. The van der Waals surface area contributed by atoms with Crippen LogP contribution in [0.15, 0.2) is 53.6 Å². The predicted molar refractivity (Wildman–Crippen MR) is 95.0 cm³/mol. The Labute approximate surface area is 132 Å². The van der Waals surface area contributed by atoms with Gasteiger partial charge in [0.25, 0.3) is 0 Å². The number of nitrogens with zero attached hydrogens (tertiary/aromatic N) is 2. The molecule has 2 aromatic rings. The summed E-state index contributed by atoms with van der Waals surface area (Å²) >= 11 is 0. The maximum absolute atomic E-state index is 4.33. The molecule has 0 unspecified atom stereocenters. The Morgan fingerprint density at radius 2 is 1.86 bits per heavy atom. The summed E-state index contributed by atoms with van der Waals surface area (Å²) in [5, 5.41) is 4.33. The van der Waals surface area contributed by atoms with E-state index in [1.807, 2.05) is 36.5 Å². The summed E-state index contributed by atoms with van der Waals surface area (Å²) in [6.45, 7) is 6.90. The molecule has 0 bridgehead atoms. The number of hydrogen-bond donors (Lipinski definition) is 1. The number of nitrogens with one attached hydrogen (secondary N) is 1. The molecule has 1 atom stereocenters. The number of hydrazone groups is 1. The van der Waals surface area contributed by atoms with Crippen LogP contribution in [0.3, 0.4) is 0 Å². The average molecular weight is 293 g/mol. The van der Waals surface area contributed by atoms with Gasteiger partial charge in [-0.05, 0) is 42.3 Å². The van der Waals surface area contributed by atoms with Gasteiger partial charge in [0.15, 0.2) is 0 Å². The van der Waals surface area contributed by atoms with Gasteiger partial charge in [-0.15, -0.1) is 0 Å². The highest BCUT2D eigenvalue weighted by Gasteiger charge is 2.39. The first-order valence-electron chi connectivity index (χ1n) is 7.71. The standard InChI is InChI=1S/C19H23N3/c1-14-19(2,3)17-12-15(10-11-18(17)22(14)4)13-20-21-16-8-6-5-7-9-16/h5-14,21H,1-4H3/t14-/m1/s1. The molecular formula is C19H23N3. The van der Waals surface area contributed by atoms with Crippen LogP contribution in [-0.4, -0.2) is 19.3 Å². The molecule has 0 spiro atoms. The Kier molecular flexibility index (Phi) is 3.65. The van der Waals surface area contributed by atoms with E-state index in [-0.39, 0.29) is 5.41 Å². The third-order valence-corrected chi connectivity index (χ3v) is 4.90. The van der Waals surface area contributed by atoms with Gasteiger partial charge in [-0.1, -0.05) is 38.1 Å². The van der Waals surface area contributed by atoms with Crippen molar-refractivity contribution in [1.29, 1.82) is 0 Å². The van der Waals surface area contributed by atoms with Crippen LogP contribution in [0, 0.1) is 0 Å². The third-order valence-electron chi connectivity index (χ3n) is 4.90. The molecule has 1 aliphatic heterocycles. The van der Waals surface area contributed by atoms with E-state index in [0.717, 1.165) is 11.3 Å². The molecule has 0 saturated carbocycles. The minimum atomic E-state index is 0.154. The number of anilines is 2. The van der Waals surface area contributed by atoms with Crippen LogP contribution in [0.25, 0.3) is 0 Å². The molecule has 3 heteroatoms. The maximum atomic E-state index is 4.33. The second kappa shape index (κ2) is 5.48. The van der Waals surface area contributed by atoms with Gasteiger partial charge < -0.3 is 4.90 Å². The molecule has 0 saturated heterocycles. The van der Waals surface area contributed by atoms with E-state index in [0.29, 0.717) is 6.04 Å². The second-order valence-corrected chi connectivity index (χ2v) is 6.52. The Bertz CT molecular complexity index is 689. The minimum Gasteiger partial charge on any atom is -0.371 e. The first-order chi connectivity index (χ1) is 10.5. The lowest BCUT2D eigenvalue weighted by Gasteiger charge is -2.28. The summed E-state index contributed by atoms with van der Waals surface area (Å²) < 4.78 is 0. The molecule has 0 radical (unpaired) electrons. The van der Waals surface area contributed by atoms with Crippen LogP contribution >= 0.6 is 0 Å². The van der Waals surface area contributed by atoms with Crippen molar-refractivity contribution >= 4 is 17.6 Å². The summed E-state index contributed by atoms with van der Waals surface area (Å²) in [7, 11) is 2.17. The molecule has 0 fully saturated rings. The Morgan fingerprint density at radius 3 is 2.59 bits per heavy atom. The van der Waals surface area contributed by atoms with Crippen molar-refractivity contribution in [3.63, 3.8) is 0 Å². The summed E-state index contributed by atoms with van der Waals surface area (Å²) in [6.07, 6.45) is 1.88. The molecule has 114 valence electrons. The highest BCUT2D eigenvalue weighted by molar-refractivity contribution is 5.83. The topological polar surface area (TPSA) is 27.6 Å². The van der Waals surface area contributed by atoms with Gasteiger partial charge in [0.2, 0.25) is 0 Å². The monoisotopic (exact) mass is 293 g/mol. The van der Waals surface area contributed by atoms with Crippen LogP contribution < -0.4 is 10.3 Å². The Morgan fingerprint density at radius 1 is 1.14 bits per heavy atom. The van der Waals surface area contributed by atoms with Gasteiger partial charge in [0.05, 0.1) is 11.9 Å². The summed E-state index contributed by atoms with van der Waals surface area (Å²) in [5.74, 6) is 0. The van der Waals surface area contributed by atoms with Crippen molar-refractivity contribution in [2.24, 2.45) is 5.10 Å². The van der Waals surface area contributed by atoms with E-state index in [4.69, 9.17) is 0 Å². The quantitative estimate of drug-likeness (QED) is 0.677. The number of para-hydroxylation sites is 1. The predicted octanol–water partition coefficient (Wildman–Crippen LogP) is 4.25. The number of benzene rings is 2. The van der Waals surface area contributed by atoms with E-state index in [1.165, 1.54) is 11.3 Å². The summed E-state index contributed by atoms with van der Waals surface area (Å²) in [4.78, 5) is 2.36. The lowest BCUT2D eigenvalue weighted by atomic mass is 9.81. The number of likely N-dealkylation sites (N-methyl/N-ethyl adjacent to an activating group) is 1. The van der Waals surface area contributed by atoms with Gasteiger partial charge in [0, 0.05) is 24.2 Å². The first-order valence-corrected chi connectivity index (χ1v) is 7.71. The Balaban J connectivity index is 1.82. The number of rotatable bonds is 3. The fourth-order valence-electron chi connectivity index (χ4n) is 3.07. The third kappa shape index (κ3) is 2.47. The van der Waals surface area contributed by atoms with Gasteiger partial charge in [0.1, 0.15) is 0 Å². The average Bonchev–Trinajstić information content (AvgIpc) is 2.70. The molecular weight excluding hydrogens is 270 g/mol. The van der Waals surface area contributed by atoms with E-state index < -0.39 is 0 Å². The zero-order valence-corrected chi connectivity index (χ0v) is 13.7. The molecule has 1 heterocycles. The smallest absolute Gasteiger partial charge is 0.0561 e. The van der Waals surface area contributed by atoms with E-state index in [2.05, 4.69) is 61.4 Å². The molecule has 0 aromatic heterocycles. The molecule has 3 rings (SSSR count). The number of fused-ring (bicyclic) bond motifs is 1. The van der Waals surface area contributed by atoms with Crippen LogP contribution in [0.4, 0.5) is 11.4 Å². The van der Waals surface area contributed by atoms with Crippen molar-refractivity contribution < 1.29 is 0 Å². The molecule has 1 aliphatic rings.